The summed E-state index contributed by atoms with van der Waals surface area (Å²) in [6.45, 7) is 3.20. The molecule has 0 bridgehead atoms. The zero-order chi connectivity index (χ0) is 24.0. The molecule has 0 fully saturated rings. The maximum absolute atomic E-state index is 13.1. The van der Waals surface area contributed by atoms with Gasteiger partial charge in [0.05, 0.1) is 5.56 Å². The Hall–Kier alpha value is -4.26. The van der Waals surface area contributed by atoms with Crippen LogP contribution < -0.4 is 10.6 Å². The van der Waals surface area contributed by atoms with Gasteiger partial charge in [-0.2, -0.15) is 0 Å². The van der Waals surface area contributed by atoms with Crippen LogP contribution in [0.2, 0.25) is 0 Å². The molecule has 7 nitrogen and oxygen atoms in total. The van der Waals surface area contributed by atoms with Crippen molar-refractivity contribution in [2.75, 3.05) is 19.0 Å². The molecule has 3 rings (SSSR count). The van der Waals surface area contributed by atoms with E-state index in [1.807, 2.05) is 26.0 Å². The fourth-order valence-electron chi connectivity index (χ4n) is 3.24. The van der Waals surface area contributed by atoms with E-state index in [-0.39, 0.29) is 22.8 Å². The van der Waals surface area contributed by atoms with Crippen molar-refractivity contribution in [1.82, 2.24) is 5.32 Å². The number of esters is 1. The predicted molar refractivity (Wildman–Crippen MR) is 125 cm³/mol. The quantitative estimate of drug-likeness (QED) is 0.428. The van der Waals surface area contributed by atoms with Gasteiger partial charge in [-0.05, 0) is 55.8 Å². The third-order valence-corrected chi connectivity index (χ3v) is 5.02. The van der Waals surface area contributed by atoms with E-state index in [2.05, 4.69) is 10.6 Å². The van der Waals surface area contributed by atoms with E-state index in [1.54, 1.807) is 48.5 Å². The minimum Gasteiger partial charge on any atom is -0.452 e. The smallest absolute Gasteiger partial charge is 0.339 e. The lowest BCUT2D eigenvalue weighted by atomic mass is 9.94. The first-order chi connectivity index (χ1) is 15.8. The van der Waals surface area contributed by atoms with Crippen molar-refractivity contribution in [3.05, 3.63) is 100 Å². The van der Waals surface area contributed by atoms with E-state index < -0.39 is 18.5 Å². The van der Waals surface area contributed by atoms with Crippen LogP contribution in [0.1, 0.15) is 47.8 Å². The average molecular weight is 444 g/mol. The van der Waals surface area contributed by atoms with Gasteiger partial charge in [0.25, 0.3) is 11.8 Å². The van der Waals surface area contributed by atoms with Crippen LogP contribution in [0.15, 0.2) is 66.7 Å². The summed E-state index contributed by atoms with van der Waals surface area (Å²) in [5.41, 5.74) is 3.45. The van der Waals surface area contributed by atoms with Crippen molar-refractivity contribution in [2.24, 2.45) is 0 Å². The Morgan fingerprint density at radius 2 is 1.48 bits per heavy atom. The van der Waals surface area contributed by atoms with Gasteiger partial charge in [-0.25, -0.2) is 4.79 Å². The summed E-state index contributed by atoms with van der Waals surface area (Å²) in [5, 5.41) is 5.11. The number of carbonyl (C=O) groups is 4. The number of ketones is 1. The summed E-state index contributed by atoms with van der Waals surface area (Å²) in [5.74, 6) is -1.84. The number of carbonyl (C=O) groups excluding carboxylic acids is 4. The van der Waals surface area contributed by atoms with Crippen LogP contribution in [0.3, 0.4) is 0 Å². The Balaban J connectivity index is 1.67. The second-order valence-electron chi connectivity index (χ2n) is 7.47. The van der Waals surface area contributed by atoms with E-state index >= 15 is 0 Å². The molecule has 0 saturated carbocycles. The molecule has 0 aromatic heterocycles. The summed E-state index contributed by atoms with van der Waals surface area (Å²) in [6.07, 6.45) is 0. The SMILES string of the molecule is CNC(=O)c1ccc(NC(=O)COC(=O)c2ccccc2C(=O)c2cc(C)ccc2C)cc1. The lowest BCUT2D eigenvalue weighted by Crippen LogP contribution is -2.22. The number of nitrogens with one attached hydrogen (secondary N) is 2. The molecule has 0 atom stereocenters. The summed E-state index contributed by atoms with van der Waals surface area (Å²) < 4.78 is 5.15. The molecule has 33 heavy (non-hydrogen) atoms. The van der Waals surface area contributed by atoms with Gasteiger partial charge >= 0.3 is 5.97 Å². The number of hydrogen-bond acceptors (Lipinski definition) is 5. The molecule has 2 N–H and O–H groups in total. The molecule has 0 spiro atoms. The first-order valence-electron chi connectivity index (χ1n) is 10.3. The monoisotopic (exact) mass is 444 g/mol. The highest BCUT2D eigenvalue weighted by molar-refractivity contribution is 6.15. The van der Waals surface area contributed by atoms with Crippen molar-refractivity contribution in [3.63, 3.8) is 0 Å². The maximum atomic E-state index is 13.1. The topological polar surface area (TPSA) is 102 Å². The summed E-state index contributed by atoms with van der Waals surface area (Å²) in [6, 6.07) is 18.2. The summed E-state index contributed by atoms with van der Waals surface area (Å²) >= 11 is 0. The molecular formula is C26H24N2O5. The molecule has 0 unspecified atom stereocenters. The van der Waals surface area contributed by atoms with Gasteiger partial charge in [0.1, 0.15) is 0 Å². The Morgan fingerprint density at radius 3 is 2.15 bits per heavy atom. The van der Waals surface area contributed by atoms with Crippen LogP contribution in [-0.2, 0) is 9.53 Å². The van der Waals surface area contributed by atoms with Crippen LogP contribution >= 0.6 is 0 Å². The van der Waals surface area contributed by atoms with Crippen molar-refractivity contribution in [3.8, 4) is 0 Å². The van der Waals surface area contributed by atoms with Gasteiger partial charge in [-0.15, -0.1) is 0 Å². The molecule has 0 heterocycles. The largest absolute Gasteiger partial charge is 0.452 e. The zero-order valence-electron chi connectivity index (χ0n) is 18.6. The number of hydrogen-bond donors (Lipinski definition) is 2. The van der Waals surface area contributed by atoms with E-state index in [0.717, 1.165) is 11.1 Å². The van der Waals surface area contributed by atoms with Crippen LogP contribution in [0.25, 0.3) is 0 Å². The molecule has 7 heteroatoms. The molecule has 3 aromatic rings. The molecule has 0 aliphatic rings. The summed E-state index contributed by atoms with van der Waals surface area (Å²) in [7, 11) is 1.53. The fourth-order valence-corrected chi connectivity index (χ4v) is 3.24. The number of ether oxygens (including phenoxy) is 1. The molecule has 0 radical (unpaired) electrons. The van der Waals surface area contributed by atoms with Gasteiger partial charge in [0, 0.05) is 29.4 Å². The highest BCUT2D eigenvalue weighted by atomic mass is 16.5. The van der Waals surface area contributed by atoms with E-state index in [1.165, 1.54) is 13.1 Å². The van der Waals surface area contributed by atoms with Crippen LogP contribution in [0.5, 0.6) is 0 Å². The van der Waals surface area contributed by atoms with Gasteiger partial charge in [-0.3, -0.25) is 14.4 Å². The second kappa shape index (κ2) is 10.4. The fraction of sp³-hybridized carbons (Fsp3) is 0.154. The third-order valence-electron chi connectivity index (χ3n) is 5.02. The van der Waals surface area contributed by atoms with Crippen LogP contribution in [0.4, 0.5) is 5.69 Å². The van der Waals surface area contributed by atoms with E-state index in [9.17, 15) is 19.2 Å². The number of rotatable bonds is 7. The van der Waals surface area contributed by atoms with Crippen molar-refractivity contribution >= 4 is 29.3 Å². The predicted octanol–water partition coefficient (Wildman–Crippen LogP) is 3.69. The van der Waals surface area contributed by atoms with Gasteiger partial charge in [-0.1, -0.05) is 35.9 Å². The van der Waals surface area contributed by atoms with Crippen LogP contribution in [0, 0.1) is 13.8 Å². The lowest BCUT2D eigenvalue weighted by molar-refractivity contribution is -0.119. The zero-order valence-corrected chi connectivity index (χ0v) is 18.6. The molecule has 0 aliphatic heterocycles. The number of aryl methyl sites for hydroxylation is 2. The first-order valence-corrected chi connectivity index (χ1v) is 10.3. The van der Waals surface area contributed by atoms with Gasteiger partial charge in [0.15, 0.2) is 12.4 Å². The minimum absolute atomic E-state index is 0.0890. The van der Waals surface area contributed by atoms with E-state index in [0.29, 0.717) is 16.8 Å². The average Bonchev–Trinajstić information content (AvgIpc) is 2.83. The standard InChI is InChI=1S/C26H24N2O5/c1-16-8-9-17(2)22(14-16)24(30)20-6-4-5-7-21(20)26(32)33-15-23(29)28-19-12-10-18(11-13-19)25(31)27-3/h4-14H,15H2,1-3H3,(H,27,31)(H,28,29). The Labute approximate surface area is 191 Å². The van der Waals surface area contributed by atoms with Crippen LogP contribution in [-0.4, -0.2) is 37.2 Å². The molecule has 168 valence electrons. The highest BCUT2D eigenvalue weighted by Gasteiger charge is 2.21. The third kappa shape index (κ3) is 5.71. The maximum Gasteiger partial charge on any atom is 0.339 e. The molecule has 3 aromatic carbocycles. The first kappa shape index (κ1) is 23.4. The van der Waals surface area contributed by atoms with Gasteiger partial charge < -0.3 is 15.4 Å². The molecular weight excluding hydrogens is 420 g/mol. The number of benzene rings is 3. The Bertz CT molecular complexity index is 1220. The van der Waals surface area contributed by atoms with Gasteiger partial charge in [0.2, 0.25) is 0 Å². The Kier molecular flexibility index (Phi) is 7.35. The molecule has 2 amide bonds. The van der Waals surface area contributed by atoms with Crippen molar-refractivity contribution < 1.29 is 23.9 Å². The Morgan fingerprint density at radius 1 is 0.818 bits per heavy atom. The lowest BCUT2D eigenvalue weighted by Gasteiger charge is -2.11. The summed E-state index contributed by atoms with van der Waals surface area (Å²) in [4.78, 5) is 49.6. The minimum atomic E-state index is -0.769. The molecule has 0 aliphatic carbocycles. The van der Waals surface area contributed by atoms with E-state index in [4.69, 9.17) is 4.74 Å². The highest BCUT2D eigenvalue weighted by Crippen LogP contribution is 2.19. The normalized spacial score (nSPS) is 10.3. The number of anilines is 1. The van der Waals surface area contributed by atoms with Crippen molar-refractivity contribution in [2.45, 2.75) is 13.8 Å². The molecule has 0 saturated heterocycles. The number of amides is 2. The second-order valence-corrected chi connectivity index (χ2v) is 7.47. The van der Waals surface area contributed by atoms with Crippen molar-refractivity contribution in [1.29, 1.82) is 0 Å².